The number of halogens is 2. The van der Waals surface area contributed by atoms with Crippen molar-refractivity contribution in [1.29, 1.82) is 0 Å². The molecule has 1 amide bonds. The third-order valence-electron chi connectivity index (χ3n) is 3.10. The molecule has 1 heterocycles. The molecule has 0 aliphatic carbocycles. The lowest BCUT2D eigenvalue weighted by Gasteiger charge is -2.17. The number of carbonyl (C=O) groups excluding carboxylic acids is 1. The van der Waals surface area contributed by atoms with E-state index in [2.05, 4.69) is 5.32 Å². The molecule has 2 aromatic rings. The first kappa shape index (κ1) is 13.6. The maximum Gasteiger partial charge on any atom is 0.255 e. The molecular formula is C16H11ClFNO2. The minimum Gasteiger partial charge on any atom is -0.488 e. The van der Waals surface area contributed by atoms with E-state index in [1.54, 1.807) is 12.1 Å². The highest BCUT2D eigenvalue weighted by molar-refractivity contribution is 6.30. The van der Waals surface area contributed by atoms with E-state index >= 15 is 0 Å². The molecular weight excluding hydrogens is 293 g/mol. The fourth-order valence-corrected chi connectivity index (χ4v) is 2.15. The zero-order chi connectivity index (χ0) is 14.8. The standard InChI is InChI=1S/C16H11ClFNO2/c17-13-6-5-12(8-14(13)18)19-16(20)11-7-10-3-1-2-4-15(10)21-9-11/h1-8H,9H2,(H,19,20). The number of benzene rings is 2. The van der Waals surface area contributed by atoms with E-state index < -0.39 is 5.82 Å². The molecule has 0 unspecified atom stereocenters. The number of para-hydroxylation sites is 1. The third-order valence-corrected chi connectivity index (χ3v) is 3.41. The van der Waals surface area contributed by atoms with Crippen molar-refractivity contribution in [3.8, 4) is 5.75 Å². The second kappa shape index (κ2) is 5.58. The summed E-state index contributed by atoms with van der Waals surface area (Å²) < 4.78 is 18.9. The molecule has 0 bridgehead atoms. The Morgan fingerprint density at radius 2 is 2.05 bits per heavy atom. The van der Waals surface area contributed by atoms with Crippen LogP contribution in [0, 0.1) is 5.82 Å². The first-order valence-electron chi connectivity index (χ1n) is 6.32. The molecule has 21 heavy (non-hydrogen) atoms. The van der Waals surface area contributed by atoms with Crippen molar-refractivity contribution in [2.75, 3.05) is 11.9 Å². The summed E-state index contributed by atoms with van der Waals surface area (Å²) in [5.74, 6) is -0.161. The molecule has 0 fully saturated rings. The SMILES string of the molecule is O=C(Nc1ccc(Cl)c(F)c1)C1=Cc2ccccc2OC1. The number of hydrogen-bond acceptors (Lipinski definition) is 2. The van der Waals surface area contributed by atoms with Crippen molar-refractivity contribution < 1.29 is 13.9 Å². The largest absolute Gasteiger partial charge is 0.488 e. The van der Waals surface area contributed by atoms with Gasteiger partial charge in [-0.1, -0.05) is 29.8 Å². The van der Waals surface area contributed by atoms with Gasteiger partial charge < -0.3 is 10.1 Å². The zero-order valence-electron chi connectivity index (χ0n) is 10.9. The molecule has 1 aliphatic rings. The Hall–Kier alpha value is -2.33. The monoisotopic (exact) mass is 303 g/mol. The van der Waals surface area contributed by atoms with E-state index in [1.165, 1.54) is 12.1 Å². The fraction of sp³-hybridized carbons (Fsp3) is 0.0625. The number of hydrogen-bond donors (Lipinski definition) is 1. The number of ether oxygens (including phenoxy) is 1. The van der Waals surface area contributed by atoms with Crippen LogP contribution in [-0.2, 0) is 4.79 Å². The molecule has 0 spiro atoms. The van der Waals surface area contributed by atoms with Gasteiger partial charge in [0.05, 0.1) is 10.6 Å². The topological polar surface area (TPSA) is 38.3 Å². The highest BCUT2D eigenvalue weighted by Gasteiger charge is 2.17. The molecule has 0 radical (unpaired) electrons. The first-order valence-corrected chi connectivity index (χ1v) is 6.70. The van der Waals surface area contributed by atoms with Gasteiger partial charge in [-0.2, -0.15) is 0 Å². The maximum atomic E-state index is 13.3. The van der Waals surface area contributed by atoms with Crippen LogP contribution in [0.5, 0.6) is 5.75 Å². The average molecular weight is 304 g/mol. The van der Waals surface area contributed by atoms with Crippen LogP contribution < -0.4 is 10.1 Å². The fourth-order valence-electron chi connectivity index (χ4n) is 2.03. The van der Waals surface area contributed by atoms with Crippen molar-refractivity contribution in [1.82, 2.24) is 0 Å². The molecule has 3 nitrogen and oxygen atoms in total. The Balaban J connectivity index is 1.80. The van der Waals surface area contributed by atoms with Gasteiger partial charge in [-0.3, -0.25) is 4.79 Å². The number of anilines is 1. The molecule has 0 aromatic heterocycles. The summed E-state index contributed by atoms with van der Waals surface area (Å²) in [5.41, 5.74) is 1.67. The van der Waals surface area contributed by atoms with Crippen LogP contribution in [0.3, 0.4) is 0 Å². The number of amides is 1. The summed E-state index contributed by atoms with van der Waals surface area (Å²) in [6.07, 6.45) is 1.76. The van der Waals surface area contributed by atoms with Crippen LogP contribution in [0.2, 0.25) is 5.02 Å². The minimum atomic E-state index is -0.575. The summed E-state index contributed by atoms with van der Waals surface area (Å²) in [4.78, 5) is 12.2. The Labute approximate surface area is 126 Å². The Kier molecular flexibility index (Phi) is 3.62. The van der Waals surface area contributed by atoms with Crippen molar-refractivity contribution in [2.45, 2.75) is 0 Å². The Bertz CT molecular complexity index is 743. The lowest BCUT2D eigenvalue weighted by atomic mass is 10.1. The predicted molar refractivity (Wildman–Crippen MR) is 80.0 cm³/mol. The second-order valence-corrected chi connectivity index (χ2v) is 4.99. The molecule has 5 heteroatoms. The minimum absolute atomic E-state index is 0.0159. The lowest BCUT2D eigenvalue weighted by molar-refractivity contribution is -0.113. The molecule has 0 saturated carbocycles. The Morgan fingerprint density at radius 3 is 2.86 bits per heavy atom. The van der Waals surface area contributed by atoms with Crippen LogP contribution in [0.1, 0.15) is 5.56 Å². The van der Waals surface area contributed by atoms with E-state index in [0.29, 0.717) is 11.3 Å². The van der Waals surface area contributed by atoms with Gasteiger partial charge in [0, 0.05) is 11.3 Å². The predicted octanol–water partition coefficient (Wildman–Crippen LogP) is 3.89. The first-order chi connectivity index (χ1) is 10.1. The molecule has 1 N–H and O–H groups in total. The average Bonchev–Trinajstić information content (AvgIpc) is 2.50. The number of carbonyl (C=O) groups is 1. The molecule has 2 aromatic carbocycles. The van der Waals surface area contributed by atoms with Crippen LogP contribution in [0.15, 0.2) is 48.0 Å². The van der Waals surface area contributed by atoms with E-state index in [9.17, 15) is 9.18 Å². The quantitative estimate of drug-likeness (QED) is 0.914. The second-order valence-electron chi connectivity index (χ2n) is 4.58. The van der Waals surface area contributed by atoms with E-state index in [1.807, 2.05) is 24.3 Å². The van der Waals surface area contributed by atoms with Gasteiger partial charge in [-0.15, -0.1) is 0 Å². The maximum absolute atomic E-state index is 13.3. The van der Waals surface area contributed by atoms with Crippen LogP contribution >= 0.6 is 11.6 Å². The van der Waals surface area contributed by atoms with Gasteiger partial charge in [0.15, 0.2) is 0 Å². The van der Waals surface area contributed by atoms with Crippen molar-refractivity contribution in [3.63, 3.8) is 0 Å². The summed E-state index contributed by atoms with van der Waals surface area (Å²) in [7, 11) is 0. The van der Waals surface area contributed by atoms with E-state index in [-0.39, 0.29) is 17.5 Å². The van der Waals surface area contributed by atoms with Gasteiger partial charge in [-0.25, -0.2) is 4.39 Å². The number of nitrogens with one attached hydrogen (secondary N) is 1. The van der Waals surface area contributed by atoms with Crippen LogP contribution in [0.4, 0.5) is 10.1 Å². The highest BCUT2D eigenvalue weighted by Crippen LogP contribution is 2.26. The number of fused-ring (bicyclic) bond motifs is 1. The van der Waals surface area contributed by atoms with Gasteiger partial charge in [0.25, 0.3) is 5.91 Å². The normalized spacial score (nSPS) is 13.0. The molecule has 3 rings (SSSR count). The van der Waals surface area contributed by atoms with Crippen LogP contribution in [0.25, 0.3) is 6.08 Å². The van der Waals surface area contributed by atoms with Crippen molar-refractivity contribution >= 4 is 29.3 Å². The zero-order valence-corrected chi connectivity index (χ0v) is 11.7. The molecule has 106 valence electrons. The highest BCUT2D eigenvalue weighted by atomic mass is 35.5. The molecule has 0 atom stereocenters. The van der Waals surface area contributed by atoms with Gasteiger partial charge in [0.1, 0.15) is 18.2 Å². The molecule has 0 saturated heterocycles. The van der Waals surface area contributed by atoms with Crippen LogP contribution in [-0.4, -0.2) is 12.5 Å². The summed E-state index contributed by atoms with van der Waals surface area (Å²) in [6.45, 7) is 0.179. The molecule has 1 aliphatic heterocycles. The smallest absolute Gasteiger partial charge is 0.255 e. The van der Waals surface area contributed by atoms with Gasteiger partial charge in [-0.05, 0) is 30.3 Å². The van der Waals surface area contributed by atoms with Crippen molar-refractivity contribution in [3.05, 3.63) is 64.4 Å². The summed E-state index contributed by atoms with van der Waals surface area (Å²) in [6, 6.07) is 11.6. The summed E-state index contributed by atoms with van der Waals surface area (Å²) in [5, 5.41) is 2.64. The van der Waals surface area contributed by atoms with Crippen molar-refractivity contribution in [2.24, 2.45) is 0 Å². The lowest BCUT2D eigenvalue weighted by Crippen LogP contribution is -2.21. The number of rotatable bonds is 2. The summed E-state index contributed by atoms with van der Waals surface area (Å²) >= 11 is 5.60. The Morgan fingerprint density at radius 1 is 1.24 bits per heavy atom. The van der Waals surface area contributed by atoms with E-state index in [0.717, 1.165) is 11.3 Å². The van der Waals surface area contributed by atoms with Gasteiger partial charge in [0.2, 0.25) is 0 Å². The van der Waals surface area contributed by atoms with Gasteiger partial charge >= 0.3 is 0 Å². The van der Waals surface area contributed by atoms with E-state index in [4.69, 9.17) is 16.3 Å². The third kappa shape index (κ3) is 2.90.